The third kappa shape index (κ3) is 4.88. The molecule has 33 heavy (non-hydrogen) atoms. The molecule has 1 fully saturated rings. The molecule has 3 N–H and O–H groups in total. The van der Waals surface area contributed by atoms with Gasteiger partial charge in [0.15, 0.2) is 0 Å². The van der Waals surface area contributed by atoms with Crippen LogP contribution in [-0.4, -0.2) is 49.7 Å². The predicted octanol–water partition coefficient (Wildman–Crippen LogP) is 3.20. The number of morpholine rings is 1. The highest BCUT2D eigenvalue weighted by Gasteiger charge is 2.13. The quantitative estimate of drug-likeness (QED) is 0.361. The molecule has 0 radical (unpaired) electrons. The Kier molecular flexibility index (Phi) is 6.31. The number of fused-ring (bicyclic) bond motifs is 1. The van der Waals surface area contributed by atoms with Crippen LogP contribution in [0.3, 0.4) is 0 Å². The van der Waals surface area contributed by atoms with E-state index in [0.29, 0.717) is 5.95 Å². The number of benzene rings is 2. The first-order valence-electron chi connectivity index (χ1n) is 10.6. The van der Waals surface area contributed by atoms with E-state index in [1.165, 1.54) is 5.69 Å². The second-order valence-corrected chi connectivity index (χ2v) is 8.42. The molecule has 0 bridgehead atoms. The van der Waals surface area contributed by atoms with Crippen molar-refractivity contribution in [3.63, 3.8) is 0 Å². The molecule has 1 aliphatic rings. The lowest BCUT2D eigenvalue weighted by Gasteiger charge is -2.28. The molecule has 2 aromatic heterocycles. The Morgan fingerprint density at radius 3 is 2.61 bits per heavy atom. The summed E-state index contributed by atoms with van der Waals surface area (Å²) in [5.74, 6) is 0.478. The molecule has 0 aliphatic carbocycles. The molecule has 1 unspecified atom stereocenters. The summed E-state index contributed by atoms with van der Waals surface area (Å²) in [4.78, 5) is 6.75. The fourth-order valence-corrected chi connectivity index (χ4v) is 4.21. The summed E-state index contributed by atoms with van der Waals surface area (Å²) in [5.41, 5.74) is 5.62. The van der Waals surface area contributed by atoms with Crippen molar-refractivity contribution in [3.8, 4) is 11.3 Å². The summed E-state index contributed by atoms with van der Waals surface area (Å²) in [7, 11) is 0. The molecular formula is C23H24N6O3S. The number of ether oxygens (including phenoxy) is 1. The van der Waals surface area contributed by atoms with Gasteiger partial charge in [0, 0.05) is 36.6 Å². The van der Waals surface area contributed by atoms with Crippen LogP contribution in [0.5, 0.6) is 0 Å². The van der Waals surface area contributed by atoms with E-state index >= 15 is 0 Å². The molecule has 3 heterocycles. The van der Waals surface area contributed by atoms with Crippen molar-refractivity contribution < 1.29 is 13.5 Å². The molecule has 0 saturated carbocycles. The molecule has 10 heteroatoms. The molecule has 2 aromatic carbocycles. The maximum absolute atomic E-state index is 11.1. The van der Waals surface area contributed by atoms with Crippen LogP contribution in [0.25, 0.3) is 16.8 Å². The van der Waals surface area contributed by atoms with E-state index in [1.807, 2.05) is 53.0 Å². The minimum absolute atomic E-state index is 0.262. The predicted molar refractivity (Wildman–Crippen MR) is 129 cm³/mol. The molecular weight excluding hydrogens is 440 g/mol. The molecule has 1 saturated heterocycles. The zero-order chi connectivity index (χ0) is 22.6. The number of hydrogen-bond donors (Lipinski definition) is 3. The van der Waals surface area contributed by atoms with Crippen LogP contribution in [0, 0.1) is 0 Å². The van der Waals surface area contributed by atoms with Crippen molar-refractivity contribution >= 4 is 34.1 Å². The molecule has 4 aromatic rings. The molecule has 0 amide bonds. The summed E-state index contributed by atoms with van der Waals surface area (Å²) in [6.45, 7) is 3.56. The van der Waals surface area contributed by atoms with Crippen LogP contribution in [0.15, 0.2) is 66.9 Å². The lowest BCUT2D eigenvalue weighted by atomic mass is 10.1. The van der Waals surface area contributed by atoms with Crippen LogP contribution < -0.4 is 14.9 Å². The molecule has 1 aliphatic heterocycles. The van der Waals surface area contributed by atoms with Gasteiger partial charge in [0.05, 0.1) is 30.6 Å². The van der Waals surface area contributed by atoms with Crippen LogP contribution in [0.2, 0.25) is 0 Å². The van der Waals surface area contributed by atoms with E-state index in [4.69, 9.17) is 14.4 Å². The van der Waals surface area contributed by atoms with Gasteiger partial charge in [-0.1, -0.05) is 24.3 Å². The Bertz CT molecular complexity index is 1270. The average Bonchev–Trinajstić information content (AvgIpc) is 3.27. The van der Waals surface area contributed by atoms with Crippen LogP contribution in [0.1, 0.15) is 5.56 Å². The number of anilines is 3. The van der Waals surface area contributed by atoms with E-state index in [0.717, 1.165) is 54.3 Å². The second-order valence-electron chi connectivity index (χ2n) is 7.64. The van der Waals surface area contributed by atoms with Crippen molar-refractivity contribution in [2.75, 3.05) is 36.5 Å². The van der Waals surface area contributed by atoms with Gasteiger partial charge in [0.25, 0.3) is 0 Å². The van der Waals surface area contributed by atoms with Gasteiger partial charge < -0.3 is 15.0 Å². The zero-order valence-corrected chi connectivity index (χ0v) is 18.7. The van der Waals surface area contributed by atoms with Crippen molar-refractivity contribution in [3.05, 3.63) is 72.4 Å². The fourth-order valence-electron chi connectivity index (χ4n) is 3.93. The Balaban J connectivity index is 1.39. The summed E-state index contributed by atoms with van der Waals surface area (Å²) in [6, 6.07) is 19.9. The maximum atomic E-state index is 11.1. The van der Waals surface area contributed by atoms with Gasteiger partial charge >= 0.3 is 0 Å². The smallest absolute Gasteiger partial charge is 0.245 e. The first-order chi connectivity index (χ1) is 16.2. The van der Waals surface area contributed by atoms with Crippen molar-refractivity contribution in [1.29, 1.82) is 0 Å². The standard InChI is InChI=1S/C23H24N6O3S/c30-33(31)25-15-17-3-1-2-4-21(17)22-10-9-20-16-24-23(27-29(20)22)26-18-5-7-19(8-6-18)28-11-13-32-14-12-28/h1-10,16,25H,11-15H2,(H,26,27)(H,30,31). The van der Waals surface area contributed by atoms with Crippen molar-refractivity contribution in [1.82, 2.24) is 19.3 Å². The molecule has 1 atom stereocenters. The van der Waals surface area contributed by atoms with Gasteiger partial charge in [-0.3, -0.25) is 4.55 Å². The van der Waals surface area contributed by atoms with Gasteiger partial charge in [-0.25, -0.2) is 18.4 Å². The minimum atomic E-state index is -2.08. The topological polar surface area (TPSA) is 104 Å². The molecule has 170 valence electrons. The highest BCUT2D eigenvalue weighted by atomic mass is 32.2. The summed E-state index contributed by atoms with van der Waals surface area (Å²) < 4.78 is 30.0. The first-order valence-corrected chi connectivity index (χ1v) is 11.8. The number of nitrogens with zero attached hydrogens (tertiary/aromatic N) is 4. The summed E-state index contributed by atoms with van der Waals surface area (Å²) in [5, 5.41) is 7.97. The van der Waals surface area contributed by atoms with Gasteiger partial charge in [0.1, 0.15) is 0 Å². The normalized spacial score (nSPS) is 15.0. The first kappa shape index (κ1) is 21.5. The van der Waals surface area contributed by atoms with Crippen LogP contribution in [0.4, 0.5) is 17.3 Å². The number of nitrogens with one attached hydrogen (secondary N) is 2. The molecule has 9 nitrogen and oxygen atoms in total. The van der Waals surface area contributed by atoms with Gasteiger partial charge in [-0.05, 0) is 42.0 Å². The van der Waals surface area contributed by atoms with E-state index in [9.17, 15) is 4.21 Å². The van der Waals surface area contributed by atoms with E-state index in [1.54, 1.807) is 6.20 Å². The van der Waals surface area contributed by atoms with Crippen molar-refractivity contribution in [2.24, 2.45) is 0 Å². The highest BCUT2D eigenvalue weighted by molar-refractivity contribution is 7.77. The maximum Gasteiger partial charge on any atom is 0.245 e. The minimum Gasteiger partial charge on any atom is -0.378 e. The number of rotatable bonds is 7. The Hall–Kier alpha value is -3.31. The third-order valence-corrected chi connectivity index (χ3v) is 5.97. The monoisotopic (exact) mass is 464 g/mol. The molecule has 5 rings (SSSR count). The van der Waals surface area contributed by atoms with E-state index in [-0.39, 0.29) is 6.54 Å². The summed E-state index contributed by atoms with van der Waals surface area (Å²) >= 11 is -2.08. The van der Waals surface area contributed by atoms with E-state index in [2.05, 4.69) is 32.1 Å². The van der Waals surface area contributed by atoms with Gasteiger partial charge in [-0.15, -0.1) is 5.10 Å². The molecule has 0 spiro atoms. The third-order valence-electron chi connectivity index (χ3n) is 5.58. The Morgan fingerprint density at radius 2 is 1.82 bits per heavy atom. The second kappa shape index (κ2) is 9.67. The Morgan fingerprint density at radius 1 is 1.03 bits per heavy atom. The van der Waals surface area contributed by atoms with Crippen molar-refractivity contribution in [2.45, 2.75) is 6.54 Å². The average molecular weight is 465 g/mol. The van der Waals surface area contributed by atoms with Gasteiger partial charge in [-0.2, -0.15) is 0 Å². The van der Waals surface area contributed by atoms with Gasteiger partial charge in [0.2, 0.25) is 17.2 Å². The van der Waals surface area contributed by atoms with Crippen LogP contribution >= 0.6 is 0 Å². The lowest BCUT2D eigenvalue weighted by molar-refractivity contribution is 0.122. The summed E-state index contributed by atoms with van der Waals surface area (Å²) in [6.07, 6.45) is 1.77. The zero-order valence-electron chi connectivity index (χ0n) is 17.8. The SMILES string of the molecule is O=S(O)NCc1ccccc1-c1ccc2cnc(Nc3ccc(N4CCOCC4)cc3)nn12. The fraction of sp³-hybridized carbons (Fsp3) is 0.217. The van der Waals surface area contributed by atoms with Crippen LogP contribution in [-0.2, 0) is 22.5 Å². The number of aromatic nitrogens is 3. The highest BCUT2D eigenvalue weighted by Crippen LogP contribution is 2.26. The lowest BCUT2D eigenvalue weighted by Crippen LogP contribution is -2.36. The number of hydrogen-bond acceptors (Lipinski definition) is 6. The Labute approximate surface area is 193 Å². The van der Waals surface area contributed by atoms with E-state index < -0.39 is 11.3 Å². The largest absolute Gasteiger partial charge is 0.378 e.